The number of nitrogens with zero attached hydrogens (tertiary/aromatic N) is 1. The van der Waals surface area contributed by atoms with Crippen molar-refractivity contribution in [1.82, 2.24) is 4.90 Å². The van der Waals surface area contributed by atoms with Gasteiger partial charge in [-0.1, -0.05) is 29.8 Å². The predicted molar refractivity (Wildman–Crippen MR) is 97.5 cm³/mol. The van der Waals surface area contributed by atoms with Crippen LogP contribution in [0.15, 0.2) is 42.5 Å². The number of rotatable bonds is 4. The highest BCUT2D eigenvalue weighted by atomic mass is 35.5. The minimum atomic E-state index is -0.546. The molecule has 1 aliphatic rings. The normalized spacial score (nSPS) is 17.5. The van der Waals surface area contributed by atoms with Crippen LogP contribution in [-0.4, -0.2) is 37.2 Å². The topological polar surface area (TPSA) is 41.6 Å². The number of nitrogens with one attached hydrogen (secondary N) is 1. The molecule has 1 aliphatic heterocycles. The third kappa shape index (κ3) is 4.30. The van der Waals surface area contributed by atoms with Crippen molar-refractivity contribution < 1.29 is 13.9 Å². The van der Waals surface area contributed by atoms with Crippen molar-refractivity contribution in [3.8, 4) is 11.1 Å². The average molecular weight is 363 g/mol. The van der Waals surface area contributed by atoms with Gasteiger partial charge in [-0.3, -0.25) is 5.32 Å². The van der Waals surface area contributed by atoms with E-state index in [2.05, 4.69) is 10.2 Å². The second-order valence-electron chi connectivity index (χ2n) is 6.17. The average Bonchev–Trinajstić information content (AvgIpc) is 3.01. The molecule has 3 rings (SSSR count). The predicted octanol–water partition coefficient (Wildman–Crippen LogP) is 4.79. The number of carbonyl (C=O) groups excluding carboxylic acids is 1. The third-order valence-corrected chi connectivity index (χ3v) is 4.70. The minimum absolute atomic E-state index is 0.256. The van der Waals surface area contributed by atoms with Crippen LogP contribution in [-0.2, 0) is 4.74 Å². The standard InChI is InChI=1S/C19H20ClFN2O2/c1-23-10-4-5-14(23)12-25-19(24)22-18-7-3-2-6-15(18)16-11-13(20)8-9-17(16)21/h2-3,6-9,11,14H,4-5,10,12H2,1H3,(H,22,24)/t14-/m0/s1. The fourth-order valence-electron chi connectivity index (χ4n) is 3.04. The summed E-state index contributed by atoms with van der Waals surface area (Å²) in [5.74, 6) is -0.403. The first-order valence-corrected chi connectivity index (χ1v) is 8.61. The molecule has 25 heavy (non-hydrogen) atoms. The zero-order valence-corrected chi connectivity index (χ0v) is 14.7. The molecule has 0 unspecified atom stereocenters. The van der Waals surface area contributed by atoms with Crippen LogP contribution in [0.5, 0.6) is 0 Å². The highest BCUT2D eigenvalue weighted by molar-refractivity contribution is 6.30. The lowest BCUT2D eigenvalue weighted by molar-refractivity contribution is 0.127. The lowest BCUT2D eigenvalue weighted by Gasteiger charge is -2.19. The summed E-state index contributed by atoms with van der Waals surface area (Å²) >= 11 is 5.98. The van der Waals surface area contributed by atoms with E-state index in [1.54, 1.807) is 24.3 Å². The number of anilines is 1. The van der Waals surface area contributed by atoms with E-state index in [9.17, 15) is 9.18 Å². The number of carbonyl (C=O) groups is 1. The van der Waals surface area contributed by atoms with Gasteiger partial charge in [-0.15, -0.1) is 0 Å². The van der Waals surface area contributed by atoms with Gasteiger partial charge in [-0.25, -0.2) is 9.18 Å². The Hall–Kier alpha value is -2.11. The summed E-state index contributed by atoms with van der Waals surface area (Å²) in [6, 6.07) is 11.6. The van der Waals surface area contributed by atoms with Crippen LogP contribution < -0.4 is 5.32 Å². The Balaban J connectivity index is 1.72. The van der Waals surface area contributed by atoms with Gasteiger partial charge < -0.3 is 9.64 Å². The Morgan fingerprint density at radius 1 is 1.32 bits per heavy atom. The van der Waals surface area contributed by atoms with Gasteiger partial charge in [0.25, 0.3) is 0 Å². The van der Waals surface area contributed by atoms with Crippen LogP contribution in [0, 0.1) is 5.82 Å². The number of hydrogen-bond acceptors (Lipinski definition) is 3. The molecule has 1 fully saturated rings. The van der Waals surface area contributed by atoms with E-state index in [4.69, 9.17) is 16.3 Å². The zero-order chi connectivity index (χ0) is 17.8. The summed E-state index contributed by atoms with van der Waals surface area (Å²) in [6.45, 7) is 1.36. The van der Waals surface area contributed by atoms with E-state index in [1.807, 2.05) is 7.05 Å². The molecule has 1 N–H and O–H groups in total. The molecule has 132 valence electrons. The van der Waals surface area contributed by atoms with Gasteiger partial charge in [0.1, 0.15) is 12.4 Å². The quantitative estimate of drug-likeness (QED) is 0.850. The number of ether oxygens (including phenoxy) is 1. The lowest BCUT2D eigenvalue weighted by atomic mass is 10.0. The molecule has 0 aromatic heterocycles. The number of amides is 1. The van der Waals surface area contributed by atoms with Crippen LogP contribution in [0.3, 0.4) is 0 Å². The first kappa shape index (κ1) is 17.7. The molecule has 2 aromatic rings. The molecule has 4 nitrogen and oxygen atoms in total. The Labute approximate surface area is 151 Å². The Morgan fingerprint density at radius 3 is 2.88 bits per heavy atom. The molecular formula is C19H20ClFN2O2. The van der Waals surface area contributed by atoms with Gasteiger partial charge in [-0.2, -0.15) is 0 Å². The highest BCUT2D eigenvalue weighted by Crippen LogP contribution is 2.32. The second-order valence-corrected chi connectivity index (χ2v) is 6.61. The van der Waals surface area contributed by atoms with Crippen molar-refractivity contribution in [2.45, 2.75) is 18.9 Å². The fraction of sp³-hybridized carbons (Fsp3) is 0.316. The molecule has 1 saturated heterocycles. The number of likely N-dealkylation sites (N-methyl/N-ethyl adjacent to an activating group) is 1. The molecule has 0 spiro atoms. The molecule has 0 bridgehead atoms. The Bertz CT molecular complexity index is 769. The van der Waals surface area contributed by atoms with Crippen LogP contribution in [0.4, 0.5) is 14.9 Å². The molecular weight excluding hydrogens is 343 g/mol. The maximum atomic E-state index is 14.2. The van der Waals surface area contributed by atoms with Crippen molar-refractivity contribution in [2.24, 2.45) is 0 Å². The first-order chi connectivity index (χ1) is 12.0. The van der Waals surface area contributed by atoms with Crippen LogP contribution in [0.25, 0.3) is 11.1 Å². The van der Waals surface area contributed by atoms with Crippen LogP contribution >= 0.6 is 11.6 Å². The molecule has 0 saturated carbocycles. The van der Waals surface area contributed by atoms with E-state index in [-0.39, 0.29) is 6.04 Å². The van der Waals surface area contributed by atoms with E-state index in [1.165, 1.54) is 18.2 Å². The molecule has 1 heterocycles. The number of halogens is 2. The lowest BCUT2D eigenvalue weighted by Crippen LogP contribution is -2.31. The molecule has 6 heteroatoms. The van der Waals surface area contributed by atoms with E-state index in [0.29, 0.717) is 28.4 Å². The van der Waals surface area contributed by atoms with E-state index in [0.717, 1.165) is 19.4 Å². The molecule has 1 amide bonds. The fourth-order valence-corrected chi connectivity index (χ4v) is 3.21. The summed E-state index contributed by atoms with van der Waals surface area (Å²) in [5, 5.41) is 3.13. The summed E-state index contributed by atoms with van der Waals surface area (Å²) < 4.78 is 19.5. The Kier molecular flexibility index (Phi) is 5.56. The van der Waals surface area contributed by atoms with Crippen molar-refractivity contribution in [3.63, 3.8) is 0 Å². The van der Waals surface area contributed by atoms with Gasteiger partial charge in [0.05, 0.1) is 5.69 Å². The number of hydrogen-bond donors (Lipinski definition) is 1. The molecule has 0 aliphatic carbocycles. The Morgan fingerprint density at radius 2 is 2.12 bits per heavy atom. The maximum absolute atomic E-state index is 14.2. The van der Waals surface area contributed by atoms with Crippen molar-refractivity contribution in [1.29, 1.82) is 0 Å². The summed E-state index contributed by atoms with van der Waals surface area (Å²) in [7, 11) is 2.02. The van der Waals surface area contributed by atoms with E-state index >= 15 is 0 Å². The summed E-state index contributed by atoms with van der Waals surface area (Å²) in [6.07, 6.45) is 1.59. The van der Waals surface area contributed by atoms with Crippen LogP contribution in [0.1, 0.15) is 12.8 Å². The number of para-hydroxylation sites is 1. The van der Waals surface area contributed by atoms with Gasteiger partial charge >= 0.3 is 6.09 Å². The summed E-state index contributed by atoms with van der Waals surface area (Å²) in [4.78, 5) is 14.3. The maximum Gasteiger partial charge on any atom is 0.411 e. The third-order valence-electron chi connectivity index (χ3n) is 4.46. The SMILES string of the molecule is CN1CCC[C@H]1COC(=O)Nc1ccccc1-c1cc(Cl)ccc1F. The second kappa shape index (κ2) is 7.85. The number of benzene rings is 2. The van der Waals surface area contributed by atoms with Crippen molar-refractivity contribution in [2.75, 3.05) is 25.5 Å². The monoisotopic (exact) mass is 362 g/mol. The van der Waals surface area contributed by atoms with Gasteiger partial charge in [-0.05, 0) is 50.7 Å². The van der Waals surface area contributed by atoms with Gasteiger partial charge in [0, 0.05) is 22.2 Å². The first-order valence-electron chi connectivity index (χ1n) is 8.23. The summed E-state index contributed by atoms with van der Waals surface area (Å²) in [5.41, 5.74) is 1.37. The molecule has 1 atom stereocenters. The highest BCUT2D eigenvalue weighted by Gasteiger charge is 2.22. The van der Waals surface area contributed by atoms with Gasteiger partial charge in [0.2, 0.25) is 0 Å². The molecule has 2 aromatic carbocycles. The van der Waals surface area contributed by atoms with Gasteiger partial charge in [0.15, 0.2) is 0 Å². The van der Waals surface area contributed by atoms with Crippen LogP contribution in [0.2, 0.25) is 5.02 Å². The van der Waals surface area contributed by atoms with Crippen molar-refractivity contribution >= 4 is 23.4 Å². The van der Waals surface area contributed by atoms with Crippen molar-refractivity contribution in [3.05, 3.63) is 53.3 Å². The van der Waals surface area contributed by atoms with E-state index < -0.39 is 11.9 Å². The largest absolute Gasteiger partial charge is 0.448 e. The number of likely N-dealkylation sites (tertiary alicyclic amines) is 1. The minimum Gasteiger partial charge on any atom is -0.448 e. The zero-order valence-electron chi connectivity index (χ0n) is 14.0. The smallest absolute Gasteiger partial charge is 0.411 e. The molecule has 0 radical (unpaired) electrons.